The first-order chi connectivity index (χ1) is 14.7. The molecule has 1 aromatic rings. The molecule has 1 saturated carbocycles. The van der Waals surface area contributed by atoms with E-state index in [4.69, 9.17) is 14.0 Å². The Balaban J connectivity index is 1.54. The molecule has 3 rings (SSSR count). The van der Waals surface area contributed by atoms with Crippen LogP contribution in [0.3, 0.4) is 0 Å². The molecule has 8 nitrogen and oxygen atoms in total. The number of halogens is 5. The van der Waals surface area contributed by atoms with Gasteiger partial charge in [-0.25, -0.2) is 4.79 Å². The molecule has 1 aliphatic carbocycles. The highest BCUT2D eigenvalue weighted by Gasteiger charge is 2.65. The molecule has 0 saturated heterocycles. The molecule has 0 atom stereocenters. The van der Waals surface area contributed by atoms with Gasteiger partial charge in [0.25, 0.3) is 5.79 Å². The summed E-state index contributed by atoms with van der Waals surface area (Å²) >= 11 is 2.03. The minimum absolute atomic E-state index is 0.112. The number of hydrogen-bond donors (Lipinski definition) is 1. The molecule has 2 aliphatic rings. The van der Waals surface area contributed by atoms with Gasteiger partial charge in [-0.3, -0.25) is 9.35 Å². The Labute approximate surface area is 193 Å². The van der Waals surface area contributed by atoms with Crippen molar-refractivity contribution in [3.05, 3.63) is 27.3 Å². The molecule has 0 amide bonds. The number of carbonyl (C=O) groups is 2. The SMILES string of the molecule is O=C1OC2(CCC(C(=O)OCCC(F)(F)C(F)(F)S(=O)(=O)O)CC2)Oc2ccc(I)cc21. The normalized spacial score (nSPS) is 23.8. The van der Waals surface area contributed by atoms with Crippen LogP contribution in [0.2, 0.25) is 0 Å². The molecular weight excluding hydrogens is 579 g/mol. The van der Waals surface area contributed by atoms with Gasteiger partial charge in [0.15, 0.2) is 0 Å². The number of rotatable bonds is 6. The van der Waals surface area contributed by atoms with Crippen molar-refractivity contribution in [1.82, 2.24) is 0 Å². The van der Waals surface area contributed by atoms with E-state index in [9.17, 15) is 35.6 Å². The molecule has 1 N–H and O–H groups in total. The second-order valence-corrected chi connectivity index (χ2v) is 10.1. The summed E-state index contributed by atoms with van der Waals surface area (Å²) in [6.07, 6.45) is -1.35. The van der Waals surface area contributed by atoms with Crippen LogP contribution < -0.4 is 4.74 Å². The minimum Gasteiger partial charge on any atom is -0.465 e. The average Bonchev–Trinajstić information content (AvgIpc) is 2.68. The van der Waals surface area contributed by atoms with E-state index in [2.05, 4.69) is 4.74 Å². The molecule has 1 heterocycles. The molecule has 1 spiro atoms. The minimum atomic E-state index is -6.35. The van der Waals surface area contributed by atoms with Gasteiger partial charge in [0.2, 0.25) is 0 Å². The highest BCUT2D eigenvalue weighted by Crippen LogP contribution is 2.43. The fraction of sp³-hybridized carbons (Fsp3) is 0.556. The van der Waals surface area contributed by atoms with Crippen molar-refractivity contribution >= 4 is 44.6 Å². The van der Waals surface area contributed by atoms with Crippen LogP contribution in [0.25, 0.3) is 0 Å². The van der Waals surface area contributed by atoms with E-state index in [1.807, 2.05) is 22.6 Å². The maximum atomic E-state index is 13.5. The Kier molecular flexibility index (Phi) is 6.70. The highest BCUT2D eigenvalue weighted by molar-refractivity contribution is 14.1. The molecular formula is C18H17F4IO8S. The summed E-state index contributed by atoms with van der Waals surface area (Å²) in [7, 11) is -6.35. The van der Waals surface area contributed by atoms with Gasteiger partial charge in [0, 0.05) is 16.4 Å². The smallest absolute Gasteiger partial charge is 0.431 e. The second kappa shape index (κ2) is 8.59. The van der Waals surface area contributed by atoms with Gasteiger partial charge in [0.1, 0.15) is 11.3 Å². The zero-order valence-corrected chi connectivity index (χ0v) is 19.1. The van der Waals surface area contributed by atoms with Crippen LogP contribution in [0, 0.1) is 9.49 Å². The molecule has 0 radical (unpaired) electrons. The van der Waals surface area contributed by atoms with Gasteiger partial charge in [-0.2, -0.15) is 26.0 Å². The van der Waals surface area contributed by atoms with E-state index in [0.717, 1.165) is 3.57 Å². The number of fused-ring (bicyclic) bond motifs is 1. The van der Waals surface area contributed by atoms with Crippen molar-refractivity contribution < 1.29 is 54.3 Å². The average molecular weight is 596 g/mol. The Hall–Kier alpha value is -1.68. The third-order valence-electron chi connectivity index (χ3n) is 5.23. The quantitative estimate of drug-likeness (QED) is 0.229. The van der Waals surface area contributed by atoms with E-state index < -0.39 is 58.0 Å². The summed E-state index contributed by atoms with van der Waals surface area (Å²) in [4.78, 5) is 24.5. The fourth-order valence-electron chi connectivity index (χ4n) is 3.43. The van der Waals surface area contributed by atoms with E-state index in [1.165, 1.54) is 0 Å². The van der Waals surface area contributed by atoms with Crippen molar-refractivity contribution in [1.29, 1.82) is 0 Å². The molecule has 0 bridgehead atoms. The number of carbonyl (C=O) groups excluding carboxylic acids is 2. The Morgan fingerprint density at radius 1 is 1.22 bits per heavy atom. The van der Waals surface area contributed by atoms with Gasteiger partial charge in [-0.05, 0) is 53.6 Å². The topological polar surface area (TPSA) is 116 Å². The number of benzene rings is 1. The van der Waals surface area contributed by atoms with E-state index in [1.54, 1.807) is 18.2 Å². The van der Waals surface area contributed by atoms with Crippen molar-refractivity contribution in [2.24, 2.45) is 5.92 Å². The van der Waals surface area contributed by atoms with Crippen LogP contribution in [0.5, 0.6) is 5.75 Å². The molecule has 14 heteroatoms. The Morgan fingerprint density at radius 2 is 1.84 bits per heavy atom. The lowest BCUT2D eigenvalue weighted by Crippen LogP contribution is -2.48. The zero-order chi connectivity index (χ0) is 23.9. The van der Waals surface area contributed by atoms with Crippen molar-refractivity contribution in [3.63, 3.8) is 0 Å². The standard InChI is InChI=1S/C18H17F4IO8S/c19-17(20,18(21,22)32(26,27)28)7-8-29-14(24)10-3-5-16(6-4-10)30-13-2-1-11(23)9-12(13)15(25)31-16/h1-2,9-10H,3-8H2,(H,26,27,28). The lowest BCUT2D eigenvalue weighted by Gasteiger charge is -2.41. The monoisotopic (exact) mass is 596 g/mol. The fourth-order valence-corrected chi connectivity index (χ4v) is 4.40. The number of ether oxygens (including phenoxy) is 3. The van der Waals surface area contributed by atoms with Gasteiger partial charge in [0.05, 0.1) is 18.9 Å². The van der Waals surface area contributed by atoms with Crippen LogP contribution in [0.1, 0.15) is 42.5 Å². The summed E-state index contributed by atoms with van der Waals surface area (Å²) in [6, 6.07) is 4.98. The summed E-state index contributed by atoms with van der Waals surface area (Å²) in [5.74, 6) is -8.39. The highest BCUT2D eigenvalue weighted by atomic mass is 127. The van der Waals surface area contributed by atoms with Crippen molar-refractivity contribution in [3.8, 4) is 5.75 Å². The van der Waals surface area contributed by atoms with E-state index in [0.29, 0.717) is 5.75 Å². The van der Waals surface area contributed by atoms with E-state index in [-0.39, 0.29) is 31.2 Å². The number of hydrogen-bond acceptors (Lipinski definition) is 7. The molecule has 178 valence electrons. The summed E-state index contributed by atoms with van der Waals surface area (Å²) in [5.41, 5.74) is 0.270. The van der Waals surface area contributed by atoms with Crippen LogP contribution in [-0.4, -0.2) is 48.5 Å². The first-order valence-corrected chi connectivity index (χ1v) is 11.8. The first-order valence-electron chi connectivity index (χ1n) is 9.29. The molecule has 1 fully saturated rings. The predicted octanol–water partition coefficient (Wildman–Crippen LogP) is 3.78. The predicted molar refractivity (Wildman–Crippen MR) is 107 cm³/mol. The van der Waals surface area contributed by atoms with E-state index >= 15 is 0 Å². The van der Waals surface area contributed by atoms with Crippen molar-refractivity contribution in [2.75, 3.05) is 6.61 Å². The Bertz CT molecular complexity index is 1020. The maximum absolute atomic E-state index is 13.5. The number of esters is 2. The van der Waals surface area contributed by atoms with Crippen LogP contribution in [-0.2, 0) is 24.4 Å². The lowest BCUT2D eigenvalue weighted by atomic mass is 9.84. The zero-order valence-electron chi connectivity index (χ0n) is 16.2. The van der Waals surface area contributed by atoms with Gasteiger partial charge < -0.3 is 14.2 Å². The molecule has 0 unspecified atom stereocenters. The van der Waals surface area contributed by atoms with Crippen LogP contribution in [0.15, 0.2) is 18.2 Å². The first kappa shape index (κ1) is 25.0. The molecule has 1 aliphatic heterocycles. The lowest BCUT2D eigenvalue weighted by molar-refractivity contribution is -0.187. The van der Waals surface area contributed by atoms with Gasteiger partial charge in [-0.1, -0.05) is 0 Å². The molecule has 1 aromatic carbocycles. The largest absolute Gasteiger partial charge is 0.465 e. The summed E-state index contributed by atoms with van der Waals surface area (Å²) < 4.78 is 99.2. The van der Waals surface area contributed by atoms with Crippen molar-refractivity contribution in [2.45, 2.75) is 49.1 Å². The summed E-state index contributed by atoms with van der Waals surface area (Å²) in [6.45, 7) is -1.18. The third-order valence-corrected chi connectivity index (χ3v) is 6.84. The molecule has 0 aromatic heterocycles. The third kappa shape index (κ3) is 4.81. The maximum Gasteiger partial charge on any atom is 0.431 e. The van der Waals surface area contributed by atoms with Crippen LogP contribution in [0.4, 0.5) is 17.6 Å². The van der Waals surface area contributed by atoms with Gasteiger partial charge >= 0.3 is 33.2 Å². The number of alkyl halides is 4. The Morgan fingerprint density at radius 3 is 2.44 bits per heavy atom. The summed E-state index contributed by atoms with van der Waals surface area (Å²) in [5, 5.41) is -5.72. The van der Waals surface area contributed by atoms with Gasteiger partial charge in [-0.15, -0.1) is 0 Å². The van der Waals surface area contributed by atoms with Crippen LogP contribution >= 0.6 is 22.6 Å². The second-order valence-electron chi connectivity index (χ2n) is 7.43. The molecule has 32 heavy (non-hydrogen) atoms.